The summed E-state index contributed by atoms with van der Waals surface area (Å²) in [4.78, 5) is 40.3. The lowest BCUT2D eigenvalue weighted by atomic mass is 10.0. The summed E-state index contributed by atoms with van der Waals surface area (Å²) in [6, 6.07) is 18.9. The SMILES string of the molecule is O=C(C[C@@H]1C(=O)Nc2ccccc2N1C(=O)c1ccc(Cl)cc1)Nc1ccc(Cl)cc1. The van der Waals surface area contributed by atoms with Gasteiger partial charge in [-0.1, -0.05) is 35.3 Å². The monoisotopic (exact) mass is 453 g/mol. The molecule has 4 rings (SSSR count). The van der Waals surface area contributed by atoms with Crippen LogP contribution in [-0.2, 0) is 9.59 Å². The molecule has 1 aliphatic heterocycles. The number of benzene rings is 3. The first-order chi connectivity index (χ1) is 14.9. The van der Waals surface area contributed by atoms with Gasteiger partial charge in [-0.05, 0) is 60.7 Å². The summed E-state index contributed by atoms with van der Waals surface area (Å²) in [6.07, 6.45) is -0.220. The van der Waals surface area contributed by atoms with Crippen molar-refractivity contribution in [2.75, 3.05) is 15.5 Å². The number of hydrogen-bond acceptors (Lipinski definition) is 3. The minimum atomic E-state index is -1.02. The third kappa shape index (κ3) is 4.55. The van der Waals surface area contributed by atoms with Crippen LogP contribution in [0.4, 0.5) is 17.1 Å². The van der Waals surface area contributed by atoms with Crippen molar-refractivity contribution in [2.45, 2.75) is 12.5 Å². The van der Waals surface area contributed by atoms with Crippen molar-refractivity contribution in [1.29, 1.82) is 0 Å². The van der Waals surface area contributed by atoms with Gasteiger partial charge in [-0.2, -0.15) is 0 Å². The minimum Gasteiger partial charge on any atom is -0.326 e. The molecule has 156 valence electrons. The maximum absolute atomic E-state index is 13.4. The van der Waals surface area contributed by atoms with Crippen LogP contribution in [0.1, 0.15) is 16.8 Å². The Morgan fingerprint density at radius 2 is 1.52 bits per heavy atom. The fourth-order valence-corrected chi connectivity index (χ4v) is 3.63. The Kier molecular flexibility index (Phi) is 5.93. The quantitative estimate of drug-likeness (QED) is 0.583. The van der Waals surface area contributed by atoms with Crippen molar-refractivity contribution in [3.63, 3.8) is 0 Å². The van der Waals surface area contributed by atoms with E-state index in [1.807, 2.05) is 0 Å². The smallest absolute Gasteiger partial charge is 0.259 e. The lowest BCUT2D eigenvalue weighted by molar-refractivity contribution is -0.122. The molecule has 0 bridgehead atoms. The summed E-state index contributed by atoms with van der Waals surface area (Å²) in [7, 11) is 0. The van der Waals surface area contributed by atoms with Gasteiger partial charge in [0.1, 0.15) is 6.04 Å². The fourth-order valence-electron chi connectivity index (χ4n) is 3.38. The molecule has 0 aliphatic carbocycles. The van der Waals surface area contributed by atoms with Crippen molar-refractivity contribution in [1.82, 2.24) is 0 Å². The van der Waals surface area contributed by atoms with Crippen LogP contribution in [0.25, 0.3) is 0 Å². The zero-order chi connectivity index (χ0) is 22.0. The van der Waals surface area contributed by atoms with Crippen LogP contribution >= 0.6 is 23.2 Å². The predicted octanol–water partition coefficient (Wildman–Crippen LogP) is 4.99. The number of rotatable bonds is 4. The number of anilines is 3. The second-order valence-electron chi connectivity index (χ2n) is 6.96. The summed E-state index contributed by atoms with van der Waals surface area (Å²) in [6.45, 7) is 0. The van der Waals surface area contributed by atoms with Crippen LogP contribution in [0.5, 0.6) is 0 Å². The molecular formula is C23H17Cl2N3O3. The molecular weight excluding hydrogens is 437 g/mol. The molecule has 2 N–H and O–H groups in total. The standard InChI is InChI=1S/C23H17Cl2N3O3/c24-15-7-5-14(6-8-15)23(31)28-19-4-2-1-3-18(19)27-22(30)20(28)13-21(29)26-17-11-9-16(25)10-12-17/h1-12,20H,13H2,(H,26,29)(H,27,30)/t20-/m1/s1. The van der Waals surface area contributed by atoms with E-state index in [2.05, 4.69) is 10.6 Å². The van der Waals surface area contributed by atoms with Gasteiger partial charge in [0, 0.05) is 21.3 Å². The molecule has 31 heavy (non-hydrogen) atoms. The van der Waals surface area contributed by atoms with Gasteiger partial charge >= 0.3 is 0 Å². The van der Waals surface area contributed by atoms with Crippen molar-refractivity contribution >= 4 is 58.0 Å². The third-order valence-corrected chi connectivity index (χ3v) is 5.36. The van der Waals surface area contributed by atoms with Crippen LogP contribution in [0.3, 0.4) is 0 Å². The number of nitrogens with zero attached hydrogens (tertiary/aromatic N) is 1. The fraction of sp³-hybridized carbons (Fsp3) is 0.0870. The van der Waals surface area contributed by atoms with Crippen LogP contribution in [0, 0.1) is 0 Å². The molecule has 0 spiro atoms. The van der Waals surface area contributed by atoms with E-state index in [0.717, 1.165) is 0 Å². The Bertz CT molecular complexity index is 1150. The maximum Gasteiger partial charge on any atom is 0.259 e. The Labute approximate surface area is 188 Å². The zero-order valence-electron chi connectivity index (χ0n) is 16.1. The van der Waals surface area contributed by atoms with E-state index in [4.69, 9.17) is 23.2 Å². The van der Waals surface area contributed by atoms with Crippen molar-refractivity contribution < 1.29 is 14.4 Å². The first-order valence-electron chi connectivity index (χ1n) is 9.47. The highest BCUT2D eigenvalue weighted by atomic mass is 35.5. The van der Waals surface area contributed by atoms with E-state index in [-0.39, 0.29) is 6.42 Å². The summed E-state index contributed by atoms with van der Waals surface area (Å²) in [5, 5.41) is 6.55. The van der Waals surface area contributed by atoms with Gasteiger partial charge in [0.25, 0.3) is 5.91 Å². The molecule has 1 atom stereocenters. The van der Waals surface area contributed by atoms with E-state index in [1.165, 1.54) is 4.90 Å². The highest BCUT2D eigenvalue weighted by Gasteiger charge is 2.38. The average Bonchev–Trinajstić information content (AvgIpc) is 2.76. The number of nitrogens with one attached hydrogen (secondary N) is 2. The molecule has 6 nitrogen and oxygen atoms in total. The maximum atomic E-state index is 13.4. The Hall–Kier alpha value is -3.35. The normalized spacial score (nSPS) is 15.1. The number of fused-ring (bicyclic) bond motifs is 1. The van der Waals surface area contributed by atoms with Crippen LogP contribution < -0.4 is 15.5 Å². The Balaban J connectivity index is 1.64. The first-order valence-corrected chi connectivity index (χ1v) is 10.2. The summed E-state index contributed by atoms with van der Waals surface area (Å²) in [5.41, 5.74) is 1.93. The third-order valence-electron chi connectivity index (χ3n) is 4.85. The Morgan fingerprint density at radius 3 is 2.19 bits per heavy atom. The molecule has 3 amide bonds. The number of para-hydroxylation sites is 2. The average molecular weight is 454 g/mol. The number of carbonyl (C=O) groups is 3. The largest absolute Gasteiger partial charge is 0.326 e. The van der Waals surface area contributed by atoms with Gasteiger partial charge in [0.2, 0.25) is 11.8 Å². The number of halogens is 2. The predicted molar refractivity (Wildman–Crippen MR) is 122 cm³/mol. The minimum absolute atomic E-state index is 0.220. The number of amides is 3. The molecule has 1 aliphatic rings. The van der Waals surface area contributed by atoms with Crippen molar-refractivity contribution in [2.24, 2.45) is 0 Å². The molecule has 0 unspecified atom stereocenters. The van der Waals surface area contributed by atoms with E-state index < -0.39 is 23.8 Å². The van der Waals surface area contributed by atoms with E-state index >= 15 is 0 Å². The molecule has 0 saturated heterocycles. The molecule has 0 radical (unpaired) electrons. The topological polar surface area (TPSA) is 78.5 Å². The lowest BCUT2D eigenvalue weighted by Crippen LogP contribution is -2.52. The second-order valence-corrected chi connectivity index (χ2v) is 7.84. The number of hydrogen-bond donors (Lipinski definition) is 2. The molecule has 3 aromatic rings. The van der Waals surface area contributed by atoms with E-state index in [1.54, 1.807) is 72.8 Å². The number of carbonyl (C=O) groups excluding carboxylic acids is 3. The highest BCUT2D eigenvalue weighted by molar-refractivity contribution is 6.31. The first kappa shape index (κ1) is 20.9. The van der Waals surface area contributed by atoms with Crippen molar-refractivity contribution in [3.8, 4) is 0 Å². The molecule has 1 heterocycles. The summed E-state index contributed by atoms with van der Waals surface area (Å²) >= 11 is 11.8. The zero-order valence-corrected chi connectivity index (χ0v) is 17.7. The van der Waals surface area contributed by atoms with Gasteiger partial charge in [-0.15, -0.1) is 0 Å². The highest BCUT2D eigenvalue weighted by Crippen LogP contribution is 2.34. The second kappa shape index (κ2) is 8.79. The molecule has 0 fully saturated rings. The van der Waals surface area contributed by atoms with Crippen molar-refractivity contribution in [3.05, 3.63) is 88.4 Å². The van der Waals surface area contributed by atoms with Crippen LogP contribution in [0.15, 0.2) is 72.8 Å². The molecule has 3 aromatic carbocycles. The summed E-state index contributed by atoms with van der Waals surface area (Å²) < 4.78 is 0. The lowest BCUT2D eigenvalue weighted by Gasteiger charge is -2.36. The van der Waals surface area contributed by atoms with Gasteiger partial charge in [-0.25, -0.2) is 0 Å². The molecule has 0 saturated carbocycles. The van der Waals surface area contributed by atoms with Gasteiger partial charge in [0.15, 0.2) is 0 Å². The van der Waals surface area contributed by atoms with Crippen LogP contribution in [0.2, 0.25) is 10.0 Å². The molecule has 0 aromatic heterocycles. The molecule has 8 heteroatoms. The van der Waals surface area contributed by atoms with Gasteiger partial charge in [0.05, 0.1) is 17.8 Å². The van der Waals surface area contributed by atoms with Gasteiger partial charge in [-0.3, -0.25) is 19.3 Å². The van der Waals surface area contributed by atoms with Gasteiger partial charge < -0.3 is 10.6 Å². The Morgan fingerprint density at radius 1 is 0.903 bits per heavy atom. The van der Waals surface area contributed by atoms with E-state index in [9.17, 15) is 14.4 Å². The summed E-state index contributed by atoms with van der Waals surface area (Å²) in [5.74, 6) is -1.24. The van der Waals surface area contributed by atoms with Crippen LogP contribution in [-0.4, -0.2) is 23.8 Å². The van der Waals surface area contributed by atoms with E-state index in [0.29, 0.717) is 32.7 Å².